The van der Waals surface area contributed by atoms with E-state index in [0.29, 0.717) is 18.8 Å². The van der Waals surface area contributed by atoms with Gasteiger partial charge in [0.05, 0.1) is 15.4 Å². The number of carbonyl (C=O) groups is 1. The van der Waals surface area contributed by atoms with E-state index in [0.717, 1.165) is 10.9 Å². The van der Waals surface area contributed by atoms with Gasteiger partial charge in [0.1, 0.15) is 5.69 Å². The molecule has 0 saturated heterocycles. The minimum Gasteiger partial charge on any atom is -0.461 e. The zero-order chi connectivity index (χ0) is 18.0. The Labute approximate surface area is 150 Å². The maximum atomic E-state index is 12.5. The van der Waals surface area contributed by atoms with E-state index in [4.69, 9.17) is 4.74 Å². The second-order valence-electron chi connectivity index (χ2n) is 6.80. The summed E-state index contributed by atoms with van der Waals surface area (Å²) in [4.78, 5) is 12.5. The highest BCUT2D eigenvalue weighted by molar-refractivity contribution is 6.70. The van der Waals surface area contributed by atoms with Gasteiger partial charge in [-0.2, -0.15) is 0 Å². The molecule has 1 aromatic heterocycles. The summed E-state index contributed by atoms with van der Waals surface area (Å²) in [6, 6.07) is 17.0. The van der Waals surface area contributed by atoms with Gasteiger partial charge in [0.25, 0.3) is 0 Å². The molecule has 0 aliphatic rings. The first kappa shape index (κ1) is 17.5. The molecule has 0 saturated carbocycles. The van der Waals surface area contributed by atoms with E-state index in [2.05, 4.69) is 67.0 Å². The molecule has 0 unspecified atom stereocenters. The molecule has 0 atom stereocenters. The molecule has 3 nitrogen and oxygen atoms in total. The Morgan fingerprint density at radius 2 is 1.92 bits per heavy atom. The number of ether oxygens (including phenoxy) is 1. The lowest BCUT2D eigenvalue weighted by atomic mass is 10.1. The molecule has 4 heteroatoms. The molecule has 0 amide bonds. The summed E-state index contributed by atoms with van der Waals surface area (Å²) in [5, 5.41) is 2.50. The lowest BCUT2D eigenvalue weighted by molar-refractivity contribution is 0.0515. The fourth-order valence-corrected chi connectivity index (χ4v) is 4.14. The number of nitrogens with zero attached hydrogens (tertiary/aromatic N) is 1. The molecule has 0 radical (unpaired) electrons. The predicted octanol–water partition coefficient (Wildman–Crippen LogP) is 3.87. The summed E-state index contributed by atoms with van der Waals surface area (Å²) in [7, 11) is -0.908. The summed E-state index contributed by atoms with van der Waals surface area (Å²) in [5.41, 5.74) is 4.15. The molecule has 25 heavy (non-hydrogen) atoms. The molecular weight excluding hydrogens is 326 g/mol. The fourth-order valence-electron chi connectivity index (χ4n) is 3.17. The molecule has 0 aliphatic heterocycles. The molecule has 130 valence electrons. The molecule has 3 aromatic rings. The Balaban J connectivity index is 2.14. The van der Waals surface area contributed by atoms with Gasteiger partial charge < -0.3 is 9.30 Å². The summed E-state index contributed by atoms with van der Waals surface area (Å²) in [6.07, 6.45) is 0. The van der Waals surface area contributed by atoms with Crippen LogP contribution < -0.4 is 5.19 Å². The minimum absolute atomic E-state index is 0.255. The lowest BCUT2D eigenvalue weighted by Gasteiger charge is -2.12. The number of rotatable bonds is 5. The summed E-state index contributed by atoms with van der Waals surface area (Å²) in [6.45, 7) is 9.62. The van der Waals surface area contributed by atoms with Gasteiger partial charge >= 0.3 is 5.97 Å². The highest BCUT2D eigenvalue weighted by atomic mass is 28.3. The van der Waals surface area contributed by atoms with Crippen LogP contribution in [0.1, 0.15) is 28.5 Å². The zero-order valence-corrected chi connectivity index (χ0v) is 16.5. The highest BCUT2D eigenvalue weighted by Gasteiger charge is 2.17. The second kappa shape index (κ2) is 7.27. The maximum absolute atomic E-state index is 12.5. The lowest BCUT2D eigenvalue weighted by Crippen LogP contribution is -2.22. The number of carbonyl (C=O) groups excluding carboxylic acids is 1. The maximum Gasteiger partial charge on any atom is 0.354 e. The molecule has 0 spiro atoms. The Morgan fingerprint density at radius 1 is 1.12 bits per heavy atom. The number of esters is 1. The average Bonchev–Trinajstić information content (AvgIpc) is 2.93. The number of hydrogen-bond donors (Lipinski definition) is 0. The van der Waals surface area contributed by atoms with Crippen LogP contribution in [-0.2, 0) is 11.3 Å². The molecule has 0 bridgehead atoms. The number of aromatic nitrogens is 1. The number of hydrogen-bond acceptors (Lipinski definition) is 2. The number of fused-ring (bicyclic) bond motifs is 1. The molecule has 1 heterocycles. The van der Waals surface area contributed by atoms with Crippen molar-refractivity contribution >= 4 is 30.9 Å². The van der Waals surface area contributed by atoms with Crippen molar-refractivity contribution in [3.05, 3.63) is 65.4 Å². The van der Waals surface area contributed by atoms with Crippen LogP contribution in [0.4, 0.5) is 0 Å². The Hall–Kier alpha value is -2.33. The van der Waals surface area contributed by atoms with Crippen LogP contribution >= 0.6 is 0 Å². The molecule has 0 aliphatic carbocycles. The van der Waals surface area contributed by atoms with Crippen LogP contribution in [0.5, 0.6) is 0 Å². The SMILES string of the molecule is CCOC(=O)c1cc2ccc([SiH](C)C)cc2n1Cc1cccc(C)c1. The van der Waals surface area contributed by atoms with E-state index in [1.807, 2.05) is 13.0 Å². The van der Waals surface area contributed by atoms with Gasteiger partial charge in [-0.25, -0.2) is 4.79 Å². The number of benzene rings is 2. The first-order valence-corrected chi connectivity index (χ1v) is 11.7. The van der Waals surface area contributed by atoms with Crippen LogP contribution in [0.15, 0.2) is 48.5 Å². The zero-order valence-electron chi connectivity index (χ0n) is 15.4. The first-order valence-electron chi connectivity index (χ1n) is 8.85. The van der Waals surface area contributed by atoms with Gasteiger partial charge in [-0.1, -0.05) is 60.2 Å². The third-order valence-electron chi connectivity index (χ3n) is 4.50. The molecular formula is C21H25NO2Si. The van der Waals surface area contributed by atoms with E-state index >= 15 is 0 Å². The molecule has 3 rings (SSSR count). The van der Waals surface area contributed by atoms with Crippen LogP contribution in [0.2, 0.25) is 13.1 Å². The van der Waals surface area contributed by atoms with E-state index in [-0.39, 0.29) is 5.97 Å². The standard InChI is InChI=1S/C21H25NO2Si/c1-5-24-21(23)20-12-17-9-10-18(25(3)4)13-19(17)22(20)14-16-8-6-7-15(2)11-16/h6-13,25H,5,14H2,1-4H3. The van der Waals surface area contributed by atoms with E-state index in [1.54, 1.807) is 0 Å². The fraction of sp³-hybridized carbons (Fsp3) is 0.286. The van der Waals surface area contributed by atoms with Crippen molar-refractivity contribution in [2.24, 2.45) is 0 Å². The van der Waals surface area contributed by atoms with Gasteiger partial charge in [-0.05, 0) is 31.5 Å². The van der Waals surface area contributed by atoms with Crippen molar-refractivity contribution < 1.29 is 9.53 Å². The van der Waals surface area contributed by atoms with Crippen LogP contribution in [0.25, 0.3) is 10.9 Å². The number of aryl methyl sites for hydroxylation is 1. The Kier molecular flexibility index (Phi) is 5.09. The van der Waals surface area contributed by atoms with Crippen LogP contribution in [-0.4, -0.2) is 25.9 Å². The molecule has 2 aromatic carbocycles. The Morgan fingerprint density at radius 3 is 2.60 bits per heavy atom. The topological polar surface area (TPSA) is 31.2 Å². The van der Waals surface area contributed by atoms with Crippen molar-refractivity contribution in [2.75, 3.05) is 6.61 Å². The second-order valence-corrected chi connectivity index (χ2v) is 9.77. The molecule has 0 N–H and O–H groups in total. The monoisotopic (exact) mass is 351 g/mol. The van der Waals surface area contributed by atoms with Crippen molar-refractivity contribution in [2.45, 2.75) is 33.5 Å². The van der Waals surface area contributed by atoms with Crippen molar-refractivity contribution in [3.8, 4) is 0 Å². The van der Waals surface area contributed by atoms with E-state index in [1.165, 1.54) is 16.3 Å². The normalized spacial score (nSPS) is 11.2. The summed E-state index contributed by atoms with van der Waals surface area (Å²) in [5.74, 6) is -0.255. The van der Waals surface area contributed by atoms with Crippen LogP contribution in [0.3, 0.4) is 0 Å². The van der Waals surface area contributed by atoms with Crippen molar-refractivity contribution in [1.29, 1.82) is 0 Å². The quantitative estimate of drug-likeness (QED) is 0.516. The third-order valence-corrected chi connectivity index (χ3v) is 6.20. The smallest absolute Gasteiger partial charge is 0.354 e. The van der Waals surface area contributed by atoms with Crippen molar-refractivity contribution in [3.63, 3.8) is 0 Å². The van der Waals surface area contributed by atoms with Crippen LogP contribution in [0, 0.1) is 6.92 Å². The van der Waals surface area contributed by atoms with Gasteiger partial charge in [-0.3, -0.25) is 0 Å². The summed E-state index contributed by atoms with van der Waals surface area (Å²) >= 11 is 0. The third kappa shape index (κ3) is 3.69. The van der Waals surface area contributed by atoms with Gasteiger partial charge in [0.15, 0.2) is 0 Å². The Bertz CT molecular complexity index is 911. The first-order chi connectivity index (χ1) is 12.0. The summed E-state index contributed by atoms with van der Waals surface area (Å²) < 4.78 is 7.39. The van der Waals surface area contributed by atoms with E-state index in [9.17, 15) is 4.79 Å². The average molecular weight is 352 g/mol. The van der Waals surface area contributed by atoms with Crippen molar-refractivity contribution in [1.82, 2.24) is 4.57 Å². The largest absolute Gasteiger partial charge is 0.461 e. The predicted molar refractivity (Wildman–Crippen MR) is 107 cm³/mol. The van der Waals surface area contributed by atoms with Gasteiger partial charge in [-0.15, -0.1) is 0 Å². The van der Waals surface area contributed by atoms with Gasteiger partial charge in [0, 0.05) is 17.4 Å². The highest BCUT2D eigenvalue weighted by Crippen LogP contribution is 2.22. The minimum atomic E-state index is -0.908. The molecule has 0 fully saturated rings. The van der Waals surface area contributed by atoms with E-state index < -0.39 is 8.80 Å². The van der Waals surface area contributed by atoms with Gasteiger partial charge in [0.2, 0.25) is 0 Å².